The number of nitrogens with two attached hydrogens (primary N) is 1. The van der Waals surface area contributed by atoms with E-state index >= 15 is 0 Å². The van der Waals surface area contributed by atoms with Gasteiger partial charge in [-0.1, -0.05) is 6.92 Å². The van der Waals surface area contributed by atoms with Crippen LogP contribution in [0.5, 0.6) is 0 Å². The molecule has 1 aromatic rings. The van der Waals surface area contributed by atoms with E-state index in [4.69, 9.17) is 5.14 Å². The minimum absolute atomic E-state index is 0.0897. The van der Waals surface area contributed by atoms with Crippen molar-refractivity contribution < 1.29 is 8.42 Å². The van der Waals surface area contributed by atoms with Crippen molar-refractivity contribution in [3.05, 3.63) is 11.8 Å². The van der Waals surface area contributed by atoms with Gasteiger partial charge in [0.2, 0.25) is 0 Å². The SMILES string of the molecule is CCc1cc(S(N)(=O)=O)n(CC)n1. The zero-order valence-corrected chi connectivity index (χ0v) is 8.50. The van der Waals surface area contributed by atoms with Crippen LogP contribution < -0.4 is 5.14 Å². The Morgan fingerprint density at radius 3 is 2.46 bits per heavy atom. The van der Waals surface area contributed by atoms with Gasteiger partial charge in [0.1, 0.15) is 0 Å². The Hall–Kier alpha value is -0.880. The molecule has 0 spiro atoms. The van der Waals surface area contributed by atoms with Crippen LogP contribution in [0.4, 0.5) is 0 Å². The van der Waals surface area contributed by atoms with Crippen LogP contribution in [0.1, 0.15) is 19.5 Å². The van der Waals surface area contributed by atoms with Gasteiger partial charge in [-0.25, -0.2) is 13.6 Å². The number of primary sulfonamides is 1. The molecule has 0 bridgehead atoms. The molecular formula is C7H13N3O2S. The van der Waals surface area contributed by atoms with Crippen LogP contribution in [0, 0.1) is 0 Å². The third-order valence-corrected chi connectivity index (χ3v) is 2.66. The second kappa shape index (κ2) is 3.47. The van der Waals surface area contributed by atoms with E-state index < -0.39 is 10.0 Å². The molecule has 0 saturated heterocycles. The van der Waals surface area contributed by atoms with Crippen molar-refractivity contribution in [3.8, 4) is 0 Å². The smallest absolute Gasteiger partial charge is 0.253 e. The Morgan fingerprint density at radius 1 is 1.54 bits per heavy atom. The molecule has 1 aromatic heterocycles. The molecule has 1 rings (SSSR count). The Morgan fingerprint density at radius 2 is 2.15 bits per heavy atom. The van der Waals surface area contributed by atoms with E-state index in [1.54, 1.807) is 0 Å². The summed E-state index contributed by atoms with van der Waals surface area (Å²) in [5, 5.41) is 9.17. The zero-order valence-electron chi connectivity index (χ0n) is 7.69. The van der Waals surface area contributed by atoms with Crippen molar-refractivity contribution in [2.45, 2.75) is 31.8 Å². The highest BCUT2D eigenvalue weighted by atomic mass is 32.2. The summed E-state index contributed by atoms with van der Waals surface area (Å²) in [7, 11) is -3.63. The third kappa shape index (κ3) is 2.07. The van der Waals surface area contributed by atoms with Gasteiger partial charge < -0.3 is 0 Å². The summed E-state index contributed by atoms with van der Waals surface area (Å²) in [5.41, 5.74) is 0.742. The largest absolute Gasteiger partial charge is 0.255 e. The highest BCUT2D eigenvalue weighted by Crippen LogP contribution is 2.09. The fourth-order valence-electron chi connectivity index (χ4n) is 1.08. The second-order valence-electron chi connectivity index (χ2n) is 2.69. The summed E-state index contributed by atoms with van der Waals surface area (Å²) in [6.07, 6.45) is 0.704. The number of hydrogen-bond acceptors (Lipinski definition) is 3. The first-order chi connectivity index (χ1) is 5.99. The van der Waals surface area contributed by atoms with E-state index in [9.17, 15) is 8.42 Å². The minimum atomic E-state index is -3.63. The van der Waals surface area contributed by atoms with Crippen LogP contribution in [0.2, 0.25) is 0 Å². The summed E-state index contributed by atoms with van der Waals surface area (Å²) in [6, 6.07) is 1.51. The maximum atomic E-state index is 11.1. The number of rotatable bonds is 3. The van der Waals surface area contributed by atoms with Crippen molar-refractivity contribution in [2.75, 3.05) is 0 Å². The predicted molar refractivity (Wildman–Crippen MR) is 48.7 cm³/mol. The van der Waals surface area contributed by atoms with Crippen molar-refractivity contribution in [1.82, 2.24) is 9.78 Å². The van der Waals surface area contributed by atoms with Crippen molar-refractivity contribution in [2.24, 2.45) is 5.14 Å². The molecule has 1 heterocycles. The van der Waals surface area contributed by atoms with Crippen molar-refractivity contribution in [3.63, 3.8) is 0 Å². The van der Waals surface area contributed by atoms with Gasteiger partial charge in [0, 0.05) is 6.54 Å². The fourth-order valence-corrected chi connectivity index (χ4v) is 1.84. The zero-order chi connectivity index (χ0) is 10.1. The van der Waals surface area contributed by atoms with E-state index in [-0.39, 0.29) is 5.03 Å². The van der Waals surface area contributed by atoms with Crippen LogP contribution in [0.25, 0.3) is 0 Å². The Balaban J connectivity index is 3.28. The molecule has 0 saturated carbocycles. The lowest BCUT2D eigenvalue weighted by atomic mass is 10.3. The summed E-state index contributed by atoms with van der Waals surface area (Å²) in [4.78, 5) is 0. The number of hydrogen-bond donors (Lipinski definition) is 1. The van der Waals surface area contributed by atoms with Gasteiger partial charge in [-0.05, 0) is 19.4 Å². The molecule has 0 aliphatic rings. The molecule has 0 atom stereocenters. The van der Waals surface area contributed by atoms with Gasteiger partial charge in [0.25, 0.3) is 10.0 Å². The molecule has 0 aliphatic carbocycles. The highest BCUT2D eigenvalue weighted by Gasteiger charge is 2.15. The van der Waals surface area contributed by atoms with Gasteiger partial charge in [-0.2, -0.15) is 5.10 Å². The topological polar surface area (TPSA) is 78.0 Å². The highest BCUT2D eigenvalue weighted by molar-refractivity contribution is 7.89. The fraction of sp³-hybridized carbons (Fsp3) is 0.571. The normalized spacial score (nSPS) is 11.9. The number of nitrogens with zero attached hydrogens (tertiary/aromatic N) is 2. The molecule has 0 radical (unpaired) electrons. The van der Waals surface area contributed by atoms with Crippen LogP contribution in [0.15, 0.2) is 11.1 Å². The van der Waals surface area contributed by atoms with E-state index in [1.807, 2.05) is 13.8 Å². The summed E-state index contributed by atoms with van der Waals surface area (Å²) >= 11 is 0. The Kier molecular flexibility index (Phi) is 2.72. The van der Waals surface area contributed by atoms with Gasteiger partial charge in [-0.15, -0.1) is 0 Å². The van der Waals surface area contributed by atoms with Crippen molar-refractivity contribution >= 4 is 10.0 Å². The molecule has 0 aromatic carbocycles. The van der Waals surface area contributed by atoms with Gasteiger partial charge in [0.05, 0.1) is 5.69 Å². The monoisotopic (exact) mass is 203 g/mol. The van der Waals surface area contributed by atoms with E-state index in [2.05, 4.69) is 5.10 Å². The van der Waals surface area contributed by atoms with Gasteiger partial charge in [-0.3, -0.25) is 4.68 Å². The van der Waals surface area contributed by atoms with Crippen LogP contribution in [0.3, 0.4) is 0 Å². The molecule has 74 valence electrons. The van der Waals surface area contributed by atoms with Gasteiger partial charge in [0.15, 0.2) is 5.03 Å². The van der Waals surface area contributed by atoms with Crippen LogP contribution in [-0.4, -0.2) is 18.2 Å². The summed E-state index contributed by atoms with van der Waals surface area (Å²) in [6.45, 7) is 4.24. The van der Waals surface area contributed by atoms with Crippen LogP contribution >= 0.6 is 0 Å². The molecule has 0 unspecified atom stereocenters. The average molecular weight is 203 g/mol. The van der Waals surface area contributed by atoms with E-state index in [1.165, 1.54) is 10.7 Å². The molecule has 13 heavy (non-hydrogen) atoms. The number of sulfonamides is 1. The molecular weight excluding hydrogens is 190 g/mol. The first-order valence-corrected chi connectivity index (χ1v) is 5.63. The predicted octanol–water partition coefficient (Wildman–Crippen LogP) is 0.113. The van der Waals surface area contributed by atoms with Crippen molar-refractivity contribution in [1.29, 1.82) is 0 Å². The Labute approximate surface area is 77.6 Å². The maximum Gasteiger partial charge on any atom is 0.255 e. The first kappa shape index (κ1) is 10.2. The lowest BCUT2D eigenvalue weighted by Crippen LogP contribution is -2.17. The quantitative estimate of drug-likeness (QED) is 0.757. The molecule has 2 N–H and O–H groups in total. The first-order valence-electron chi connectivity index (χ1n) is 4.08. The average Bonchev–Trinajstić information content (AvgIpc) is 2.46. The lowest BCUT2D eigenvalue weighted by Gasteiger charge is -1.99. The third-order valence-electron chi connectivity index (χ3n) is 1.75. The van der Waals surface area contributed by atoms with Gasteiger partial charge >= 0.3 is 0 Å². The molecule has 0 aliphatic heterocycles. The summed E-state index contributed by atoms with van der Waals surface area (Å²) < 4.78 is 23.5. The molecule has 0 fully saturated rings. The summed E-state index contributed by atoms with van der Waals surface area (Å²) in [5.74, 6) is 0. The lowest BCUT2D eigenvalue weighted by molar-refractivity contribution is 0.553. The molecule has 0 amide bonds. The molecule has 6 heteroatoms. The maximum absolute atomic E-state index is 11.1. The molecule has 5 nitrogen and oxygen atoms in total. The van der Waals surface area contributed by atoms with E-state index in [0.717, 1.165) is 5.69 Å². The van der Waals surface area contributed by atoms with Crippen LogP contribution in [-0.2, 0) is 23.0 Å². The standard InChI is InChI=1S/C7H13N3O2S/c1-3-6-5-7(13(8,11)12)10(4-2)9-6/h5H,3-4H2,1-2H3,(H2,8,11,12). The second-order valence-corrected chi connectivity index (χ2v) is 4.20. The minimum Gasteiger partial charge on any atom is -0.253 e. The Bertz CT molecular complexity index is 394. The van der Waals surface area contributed by atoms with E-state index in [0.29, 0.717) is 13.0 Å². The number of aromatic nitrogens is 2. The number of aryl methyl sites for hydroxylation is 2.